The number of hydrogen-bond donors (Lipinski definition) is 1. The van der Waals surface area contributed by atoms with E-state index < -0.39 is 6.29 Å². The van der Waals surface area contributed by atoms with E-state index in [2.05, 4.69) is 31.8 Å². The summed E-state index contributed by atoms with van der Waals surface area (Å²) in [6.45, 7) is 4.88. The van der Waals surface area contributed by atoms with Crippen molar-refractivity contribution in [2.24, 2.45) is 0 Å². The van der Waals surface area contributed by atoms with Crippen LogP contribution in [-0.2, 0) is 9.47 Å². The van der Waals surface area contributed by atoms with Crippen LogP contribution in [0.2, 0.25) is 0 Å². The Bertz CT molecular complexity index is 564. The Hall–Kier alpha value is -1.97. The van der Waals surface area contributed by atoms with E-state index in [9.17, 15) is 0 Å². The molecule has 18 heavy (non-hydrogen) atoms. The third-order valence-electron chi connectivity index (χ3n) is 2.17. The van der Waals surface area contributed by atoms with E-state index in [0.29, 0.717) is 24.6 Å². The van der Waals surface area contributed by atoms with Gasteiger partial charge in [0.15, 0.2) is 5.65 Å². The van der Waals surface area contributed by atoms with Gasteiger partial charge in [-0.3, -0.25) is 0 Å². The second kappa shape index (κ2) is 6.10. The highest BCUT2D eigenvalue weighted by atomic mass is 16.7. The van der Waals surface area contributed by atoms with Crippen LogP contribution in [0.3, 0.4) is 0 Å². The topological polar surface area (TPSA) is 72.9 Å². The maximum atomic E-state index is 5.33. The zero-order valence-corrected chi connectivity index (χ0v) is 10.3. The first-order valence-corrected chi connectivity index (χ1v) is 5.74. The van der Waals surface area contributed by atoms with Gasteiger partial charge in [-0.05, 0) is 25.7 Å². The summed E-state index contributed by atoms with van der Waals surface area (Å²) in [5, 5.41) is 0. The minimum atomic E-state index is -0.534. The summed E-state index contributed by atoms with van der Waals surface area (Å²) >= 11 is 0. The third kappa shape index (κ3) is 2.83. The first-order chi connectivity index (χ1) is 8.85. The van der Waals surface area contributed by atoms with Crippen molar-refractivity contribution in [2.75, 3.05) is 13.2 Å². The first kappa shape index (κ1) is 12.5. The summed E-state index contributed by atoms with van der Waals surface area (Å²) in [6.07, 6.45) is 2.46. The molecule has 0 radical (unpaired) electrons. The van der Waals surface area contributed by atoms with Gasteiger partial charge >= 0.3 is 0 Å². The molecule has 2 aromatic heterocycles. The smallest absolute Gasteiger partial charge is 0.222 e. The summed E-state index contributed by atoms with van der Waals surface area (Å²) in [4.78, 5) is 15.1. The molecule has 6 heteroatoms. The highest BCUT2D eigenvalue weighted by molar-refractivity contribution is 5.75. The molecule has 0 aromatic carbocycles. The molecular weight excluding hydrogens is 232 g/mol. The Kier molecular flexibility index (Phi) is 4.23. The molecule has 0 aliphatic heterocycles. The third-order valence-corrected chi connectivity index (χ3v) is 2.17. The average molecular weight is 246 g/mol. The highest BCUT2D eigenvalue weighted by Gasteiger charge is 2.05. The van der Waals surface area contributed by atoms with Gasteiger partial charge < -0.3 is 14.5 Å². The molecule has 6 nitrogen and oxygen atoms in total. The number of H-pyrrole nitrogens is 1. The molecule has 0 aliphatic rings. The second-order valence-electron chi connectivity index (χ2n) is 3.34. The van der Waals surface area contributed by atoms with Crippen LogP contribution in [0.25, 0.3) is 11.2 Å². The fourth-order valence-corrected chi connectivity index (χ4v) is 1.42. The number of aromatic amines is 1. The molecule has 0 atom stereocenters. The fraction of sp³-hybridized carbons (Fsp3) is 0.417. The number of nitrogens with one attached hydrogen (secondary N) is 1. The van der Waals surface area contributed by atoms with Crippen molar-refractivity contribution in [3.63, 3.8) is 0 Å². The Labute approximate surface area is 105 Å². The van der Waals surface area contributed by atoms with Crippen molar-refractivity contribution in [1.82, 2.24) is 19.9 Å². The van der Waals surface area contributed by atoms with Crippen LogP contribution < -0.4 is 0 Å². The van der Waals surface area contributed by atoms with E-state index in [0.717, 1.165) is 5.52 Å². The number of fused-ring (bicyclic) bond motifs is 1. The van der Waals surface area contributed by atoms with Gasteiger partial charge in [0.2, 0.25) is 6.29 Å². The monoisotopic (exact) mass is 246 g/mol. The molecule has 0 saturated heterocycles. The van der Waals surface area contributed by atoms with Crippen LogP contribution in [0.5, 0.6) is 0 Å². The normalized spacial score (nSPS) is 10.6. The molecule has 2 aromatic rings. The maximum absolute atomic E-state index is 5.33. The molecule has 0 fully saturated rings. The zero-order valence-electron chi connectivity index (χ0n) is 10.3. The van der Waals surface area contributed by atoms with Crippen molar-refractivity contribution in [2.45, 2.75) is 20.1 Å². The number of rotatable bonds is 4. The number of imidazole rings is 1. The highest BCUT2D eigenvalue weighted by Crippen LogP contribution is 2.07. The molecule has 0 unspecified atom stereocenters. The van der Waals surface area contributed by atoms with Gasteiger partial charge in [-0.15, -0.1) is 0 Å². The minimum absolute atomic E-state index is 0.534. The summed E-state index contributed by atoms with van der Waals surface area (Å²) < 4.78 is 10.7. The van der Waals surface area contributed by atoms with E-state index in [1.54, 1.807) is 6.33 Å². The Balaban J connectivity index is 2.24. The van der Waals surface area contributed by atoms with Crippen LogP contribution >= 0.6 is 0 Å². The molecular formula is C12H14N4O2. The molecule has 94 valence electrons. The minimum Gasteiger partial charge on any atom is -0.342 e. The predicted molar refractivity (Wildman–Crippen MR) is 65.6 cm³/mol. The first-order valence-electron chi connectivity index (χ1n) is 5.74. The summed E-state index contributed by atoms with van der Waals surface area (Å²) in [5.74, 6) is 5.81. The molecule has 2 rings (SSSR count). The standard InChI is InChI=1S/C12H14N4O2/c1-3-17-10(18-4-2)6-5-9-11-12(15-7-13-9)16-8-14-11/h7-8,10H,3-4H2,1-2H3,(H,13,14,15,16). The van der Waals surface area contributed by atoms with Crippen LogP contribution in [-0.4, -0.2) is 39.4 Å². The Morgan fingerprint density at radius 3 is 2.72 bits per heavy atom. The molecule has 0 spiro atoms. The summed E-state index contributed by atoms with van der Waals surface area (Å²) in [5.41, 5.74) is 1.90. The fourth-order valence-electron chi connectivity index (χ4n) is 1.42. The quantitative estimate of drug-likeness (QED) is 0.646. The van der Waals surface area contributed by atoms with E-state index in [1.807, 2.05) is 13.8 Å². The van der Waals surface area contributed by atoms with Crippen LogP contribution in [0.1, 0.15) is 19.5 Å². The van der Waals surface area contributed by atoms with Crippen molar-refractivity contribution >= 4 is 11.2 Å². The number of ether oxygens (including phenoxy) is 2. The average Bonchev–Trinajstić information content (AvgIpc) is 2.85. The van der Waals surface area contributed by atoms with Crippen molar-refractivity contribution < 1.29 is 9.47 Å². The summed E-state index contributed by atoms with van der Waals surface area (Å²) in [7, 11) is 0. The van der Waals surface area contributed by atoms with Gasteiger partial charge in [-0.1, -0.05) is 0 Å². The van der Waals surface area contributed by atoms with E-state index in [-0.39, 0.29) is 0 Å². The SMILES string of the molecule is CCOC(C#Cc1ncnc2nc[nH]c12)OCC. The van der Waals surface area contributed by atoms with Gasteiger partial charge in [0, 0.05) is 13.2 Å². The van der Waals surface area contributed by atoms with E-state index in [1.165, 1.54) is 6.33 Å². The molecule has 1 N–H and O–H groups in total. The Morgan fingerprint density at radius 1 is 1.22 bits per heavy atom. The number of hydrogen-bond acceptors (Lipinski definition) is 5. The largest absolute Gasteiger partial charge is 0.342 e. The number of nitrogens with zero attached hydrogens (tertiary/aromatic N) is 3. The lowest BCUT2D eigenvalue weighted by Gasteiger charge is -2.09. The van der Waals surface area contributed by atoms with E-state index >= 15 is 0 Å². The van der Waals surface area contributed by atoms with Crippen LogP contribution in [0.4, 0.5) is 0 Å². The van der Waals surface area contributed by atoms with Gasteiger partial charge in [0.05, 0.1) is 6.33 Å². The summed E-state index contributed by atoms with van der Waals surface area (Å²) in [6, 6.07) is 0. The Morgan fingerprint density at radius 2 is 2.00 bits per heavy atom. The molecule has 0 saturated carbocycles. The number of aromatic nitrogens is 4. The van der Waals surface area contributed by atoms with Gasteiger partial charge in [-0.2, -0.15) is 0 Å². The maximum Gasteiger partial charge on any atom is 0.222 e. The predicted octanol–water partition coefficient (Wildman–Crippen LogP) is 1.10. The lowest BCUT2D eigenvalue weighted by atomic mass is 10.3. The molecule has 0 amide bonds. The van der Waals surface area contributed by atoms with Crippen LogP contribution in [0, 0.1) is 11.8 Å². The lowest BCUT2D eigenvalue weighted by molar-refractivity contribution is -0.0969. The van der Waals surface area contributed by atoms with Crippen molar-refractivity contribution in [3.05, 3.63) is 18.3 Å². The molecule has 0 aliphatic carbocycles. The van der Waals surface area contributed by atoms with Crippen LogP contribution in [0.15, 0.2) is 12.7 Å². The lowest BCUT2D eigenvalue weighted by Crippen LogP contribution is -2.14. The van der Waals surface area contributed by atoms with Gasteiger partial charge in [0.1, 0.15) is 17.5 Å². The molecule has 2 heterocycles. The molecule has 0 bridgehead atoms. The zero-order chi connectivity index (χ0) is 12.8. The van der Waals surface area contributed by atoms with Crippen molar-refractivity contribution in [3.8, 4) is 11.8 Å². The van der Waals surface area contributed by atoms with Gasteiger partial charge in [-0.25, -0.2) is 15.0 Å². The van der Waals surface area contributed by atoms with E-state index in [4.69, 9.17) is 9.47 Å². The second-order valence-corrected chi connectivity index (χ2v) is 3.34. The van der Waals surface area contributed by atoms with Crippen molar-refractivity contribution in [1.29, 1.82) is 0 Å². The van der Waals surface area contributed by atoms with Gasteiger partial charge in [0.25, 0.3) is 0 Å².